The average Bonchev–Trinajstić information content (AvgIpc) is 2.65. The zero-order valence-electron chi connectivity index (χ0n) is 14.6. The van der Waals surface area contributed by atoms with Crippen molar-refractivity contribution >= 4 is 23.8 Å². The van der Waals surface area contributed by atoms with E-state index in [4.69, 9.17) is 26.4 Å². The summed E-state index contributed by atoms with van der Waals surface area (Å²) < 4.78 is 5.39. The van der Waals surface area contributed by atoms with Crippen molar-refractivity contribution in [1.82, 2.24) is 0 Å². The van der Waals surface area contributed by atoms with Crippen molar-refractivity contribution < 1.29 is 9.94 Å². The number of amidine groups is 1. The van der Waals surface area contributed by atoms with Crippen molar-refractivity contribution in [3.05, 3.63) is 41.5 Å². The molecule has 134 valence electrons. The van der Waals surface area contributed by atoms with Crippen molar-refractivity contribution in [2.45, 2.75) is 38.1 Å². The minimum Gasteiger partial charge on any atom is -0.496 e. The number of oxime groups is 1. The third kappa shape index (κ3) is 5.67. The van der Waals surface area contributed by atoms with Gasteiger partial charge in [-0.2, -0.15) is 0 Å². The zero-order chi connectivity index (χ0) is 18.1. The average molecular weight is 342 g/mol. The van der Waals surface area contributed by atoms with Crippen molar-refractivity contribution in [2.24, 2.45) is 15.9 Å². The Morgan fingerprint density at radius 1 is 1.20 bits per heavy atom. The second-order valence-electron chi connectivity index (χ2n) is 6.04. The Bertz CT molecular complexity index is 687. The highest BCUT2D eigenvalue weighted by Gasteiger charge is 2.11. The van der Waals surface area contributed by atoms with Crippen LogP contribution in [0.25, 0.3) is 6.08 Å². The lowest BCUT2D eigenvalue weighted by atomic mass is 9.96. The molecule has 0 heterocycles. The van der Waals surface area contributed by atoms with Crippen LogP contribution in [0.4, 0.5) is 5.69 Å². The van der Waals surface area contributed by atoms with Crippen LogP contribution in [0.2, 0.25) is 0 Å². The second-order valence-corrected chi connectivity index (χ2v) is 6.04. The third-order valence-electron chi connectivity index (χ3n) is 4.20. The highest BCUT2D eigenvalue weighted by Crippen LogP contribution is 2.26. The van der Waals surface area contributed by atoms with Gasteiger partial charge in [0, 0.05) is 35.1 Å². The van der Waals surface area contributed by atoms with E-state index in [0.717, 1.165) is 24.0 Å². The monoisotopic (exact) mass is 342 g/mol. The number of nitrogens with two attached hydrogens (primary N) is 2. The van der Waals surface area contributed by atoms with Gasteiger partial charge in [-0.15, -0.1) is 0 Å². The molecule has 0 amide bonds. The third-order valence-corrected chi connectivity index (χ3v) is 4.20. The lowest BCUT2D eigenvalue weighted by molar-refractivity contribution is 0.319. The van der Waals surface area contributed by atoms with Crippen molar-refractivity contribution in [2.75, 3.05) is 12.8 Å². The maximum Gasteiger partial charge on any atom is 0.162 e. The number of rotatable bonds is 6. The quantitative estimate of drug-likeness (QED) is 0.184. The van der Waals surface area contributed by atoms with E-state index in [9.17, 15) is 0 Å². The summed E-state index contributed by atoms with van der Waals surface area (Å²) in [5.41, 5.74) is 13.9. The smallest absolute Gasteiger partial charge is 0.162 e. The fourth-order valence-electron chi connectivity index (χ4n) is 2.81. The van der Waals surface area contributed by atoms with Crippen LogP contribution >= 0.6 is 0 Å². The fourth-order valence-corrected chi connectivity index (χ4v) is 2.81. The Labute approximate surface area is 148 Å². The second kappa shape index (κ2) is 9.52. The van der Waals surface area contributed by atoms with Gasteiger partial charge in [0.1, 0.15) is 5.75 Å². The summed E-state index contributed by atoms with van der Waals surface area (Å²) in [6, 6.07) is 4.15. The summed E-state index contributed by atoms with van der Waals surface area (Å²) in [6.45, 7) is 0. The number of benzene rings is 1. The van der Waals surface area contributed by atoms with Crippen LogP contribution in [0.3, 0.4) is 0 Å². The van der Waals surface area contributed by atoms with Crippen molar-refractivity contribution in [1.29, 1.82) is 0 Å². The van der Waals surface area contributed by atoms with Crippen molar-refractivity contribution in [3.63, 3.8) is 0 Å². The molecule has 1 aromatic carbocycles. The van der Waals surface area contributed by atoms with Gasteiger partial charge in [-0.25, -0.2) is 0 Å². The Hall–Kier alpha value is -2.76. The molecule has 0 aromatic heterocycles. The van der Waals surface area contributed by atoms with Gasteiger partial charge in [-0.1, -0.05) is 42.6 Å². The summed E-state index contributed by atoms with van der Waals surface area (Å²) in [6.07, 6.45) is 14.8. The molecule has 25 heavy (non-hydrogen) atoms. The Morgan fingerprint density at radius 3 is 2.64 bits per heavy atom. The number of hydrogen-bond acceptors (Lipinski definition) is 5. The predicted octanol–water partition coefficient (Wildman–Crippen LogP) is 3.34. The summed E-state index contributed by atoms with van der Waals surface area (Å²) in [5, 5.41) is 11.4. The molecule has 2 rings (SSSR count). The van der Waals surface area contributed by atoms with Gasteiger partial charge in [0.2, 0.25) is 0 Å². The first kappa shape index (κ1) is 18.6. The number of aliphatic imine (C=N–C) groups is 1. The molecule has 1 fully saturated rings. The minimum atomic E-state index is 0.0363. The summed E-state index contributed by atoms with van der Waals surface area (Å²) in [5.74, 6) is 0.718. The lowest BCUT2D eigenvalue weighted by Crippen LogP contribution is -2.10. The van der Waals surface area contributed by atoms with E-state index in [2.05, 4.69) is 5.16 Å². The van der Waals surface area contributed by atoms with E-state index >= 15 is 0 Å². The maximum atomic E-state index is 8.51. The first-order valence-corrected chi connectivity index (χ1v) is 8.47. The molecule has 0 spiro atoms. The van der Waals surface area contributed by atoms with Gasteiger partial charge < -0.3 is 21.4 Å². The molecule has 1 aromatic rings. The Morgan fingerprint density at radius 2 is 1.96 bits per heavy atom. The van der Waals surface area contributed by atoms with Crippen LogP contribution in [-0.4, -0.2) is 30.4 Å². The van der Waals surface area contributed by atoms with Crippen LogP contribution in [-0.2, 0) is 0 Å². The van der Waals surface area contributed by atoms with Gasteiger partial charge in [0.25, 0.3) is 0 Å². The number of nitrogen functional groups attached to an aromatic ring is 1. The topological polar surface area (TPSA) is 106 Å². The number of nitrogens with zero attached hydrogens (tertiary/aromatic N) is 2. The van der Waals surface area contributed by atoms with E-state index in [-0.39, 0.29) is 5.84 Å². The van der Waals surface area contributed by atoms with Crippen LogP contribution < -0.4 is 16.2 Å². The SMILES string of the molecule is COc1cc(N)c(C=NC2CCCCC2)cc1/C=C/C=C\C(N)=N\O. The summed E-state index contributed by atoms with van der Waals surface area (Å²) in [7, 11) is 1.61. The largest absolute Gasteiger partial charge is 0.496 e. The first-order valence-electron chi connectivity index (χ1n) is 8.47. The molecule has 0 bridgehead atoms. The molecule has 6 heteroatoms. The number of anilines is 1. The molecule has 1 saturated carbocycles. The van der Waals surface area contributed by atoms with Gasteiger partial charge in [-0.3, -0.25) is 4.99 Å². The van der Waals surface area contributed by atoms with Gasteiger partial charge in [0.15, 0.2) is 5.84 Å². The molecule has 1 aliphatic rings. The van der Waals surface area contributed by atoms with E-state index < -0.39 is 0 Å². The van der Waals surface area contributed by atoms with E-state index in [1.54, 1.807) is 25.3 Å². The van der Waals surface area contributed by atoms with Crippen LogP contribution in [0.15, 0.2) is 40.5 Å². The number of allylic oxidation sites excluding steroid dienone is 2. The molecule has 0 saturated heterocycles. The molecule has 0 unspecified atom stereocenters. The highest BCUT2D eigenvalue weighted by molar-refractivity contribution is 5.91. The van der Waals surface area contributed by atoms with Gasteiger partial charge >= 0.3 is 0 Å². The fraction of sp³-hybridized carbons (Fsp3) is 0.368. The molecule has 1 aliphatic carbocycles. The lowest BCUT2D eigenvalue weighted by Gasteiger charge is -2.17. The number of hydrogen-bond donors (Lipinski definition) is 3. The van der Waals surface area contributed by atoms with Gasteiger partial charge in [-0.05, 0) is 25.0 Å². The van der Waals surface area contributed by atoms with E-state index in [1.807, 2.05) is 18.4 Å². The molecular weight excluding hydrogens is 316 g/mol. The van der Waals surface area contributed by atoms with E-state index in [1.165, 1.54) is 25.3 Å². The molecule has 0 atom stereocenters. The van der Waals surface area contributed by atoms with E-state index in [0.29, 0.717) is 17.5 Å². The molecule has 0 aliphatic heterocycles. The predicted molar refractivity (Wildman–Crippen MR) is 103 cm³/mol. The van der Waals surface area contributed by atoms with Crippen LogP contribution in [0.1, 0.15) is 43.2 Å². The molecule has 5 N–H and O–H groups in total. The zero-order valence-corrected chi connectivity index (χ0v) is 14.6. The summed E-state index contributed by atoms with van der Waals surface area (Å²) in [4.78, 5) is 4.70. The molecular formula is C19H26N4O2. The highest BCUT2D eigenvalue weighted by atomic mass is 16.5. The summed E-state index contributed by atoms with van der Waals surface area (Å²) >= 11 is 0. The van der Waals surface area contributed by atoms with Gasteiger partial charge in [0.05, 0.1) is 7.11 Å². The molecule has 0 radical (unpaired) electrons. The maximum absolute atomic E-state index is 8.51. The number of methoxy groups -OCH3 is 1. The Kier molecular flexibility index (Phi) is 7.07. The first-order chi connectivity index (χ1) is 12.1. The van der Waals surface area contributed by atoms with Crippen molar-refractivity contribution in [3.8, 4) is 5.75 Å². The van der Waals surface area contributed by atoms with Crippen LogP contribution in [0.5, 0.6) is 5.75 Å². The number of ether oxygens (including phenoxy) is 1. The Balaban J connectivity index is 2.19. The standard InChI is InChI=1S/C19H26N4O2/c1-25-18-12-17(20)15(13-22-16-8-3-2-4-9-16)11-14(18)7-5-6-10-19(21)23-24/h5-7,10-13,16,24H,2-4,8-9,20H2,1H3,(H2,21,23)/b7-5+,10-6-,22-13?. The van der Waals surface area contributed by atoms with Crippen LogP contribution in [0, 0.1) is 0 Å². The normalized spacial score (nSPS) is 17.1. The molecule has 6 nitrogen and oxygen atoms in total. The minimum absolute atomic E-state index is 0.0363.